The molecule has 0 saturated heterocycles. The van der Waals surface area contributed by atoms with Crippen molar-refractivity contribution >= 4 is 34.4 Å². The van der Waals surface area contributed by atoms with Crippen molar-refractivity contribution in [2.24, 2.45) is 0 Å². The lowest BCUT2D eigenvalue weighted by Gasteiger charge is -2.06. The van der Waals surface area contributed by atoms with E-state index < -0.39 is 0 Å². The van der Waals surface area contributed by atoms with Crippen molar-refractivity contribution in [1.29, 1.82) is 5.26 Å². The van der Waals surface area contributed by atoms with Crippen LogP contribution in [-0.2, 0) is 6.54 Å². The number of nitrogens with zero attached hydrogens (tertiary/aromatic N) is 3. The van der Waals surface area contributed by atoms with Crippen LogP contribution in [0.15, 0.2) is 23.4 Å². The molecule has 0 aliphatic carbocycles. The van der Waals surface area contributed by atoms with Gasteiger partial charge in [-0.2, -0.15) is 5.26 Å². The predicted octanol–water partition coefficient (Wildman–Crippen LogP) is 4.11. The van der Waals surface area contributed by atoms with Crippen LogP contribution in [0.3, 0.4) is 0 Å². The summed E-state index contributed by atoms with van der Waals surface area (Å²) in [6, 6.07) is 7.94. The first kappa shape index (κ1) is 13.3. The van der Waals surface area contributed by atoms with Crippen LogP contribution in [0.4, 0.5) is 0 Å². The van der Waals surface area contributed by atoms with Crippen molar-refractivity contribution in [3.63, 3.8) is 0 Å². The molecule has 18 heavy (non-hydrogen) atoms. The molecule has 1 aromatic heterocycles. The maximum Gasteiger partial charge on any atom is 0.169 e. The Kier molecular flexibility index (Phi) is 4.51. The van der Waals surface area contributed by atoms with E-state index in [0.717, 1.165) is 34.9 Å². The Hall–Kier alpha value is -1.18. The van der Waals surface area contributed by atoms with E-state index in [0.29, 0.717) is 11.4 Å². The van der Waals surface area contributed by atoms with Gasteiger partial charge in [0.2, 0.25) is 0 Å². The second-order valence-electron chi connectivity index (χ2n) is 3.94. The number of aryl methyl sites for hydroxylation is 1. The number of thioether (sulfide) groups is 1. The molecule has 3 nitrogen and oxygen atoms in total. The van der Waals surface area contributed by atoms with Crippen LogP contribution in [0, 0.1) is 11.3 Å². The van der Waals surface area contributed by atoms with Crippen LogP contribution in [0.1, 0.15) is 19.8 Å². The summed E-state index contributed by atoms with van der Waals surface area (Å²) in [5.41, 5.74) is 2.04. The fourth-order valence-corrected chi connectivity index (χ4v) is 2.87. The molecule has 0 radical (unpaired) electrons. The number of benzene rings is 1. The van der Waals surface area contributed by atoms with Gasteiger partial charge in [-0.25, -0.2) is 4.98 Å². The van der Waals surface area contributed by atoms with Crippen LogP contribution in [-0.4, -0.2) is 15.3 Å². The Bertz CT molecular complexity index is 586. The first-order chi connectivity index (χ1) is 8.76. The molecule has 0 saturated carbocycles. The van der Waals surface area contributed by atoms with Gasteiger partial charge < -0.3 is 4.57 Å². The van der Waals surface area contributed by atoms with E-state index in [9.17, 15) is 0 Å². The molecule has 94 valence electrons. The molecular formula is C13H14ClN3S. The van der Waals surface area contributed by atoms with Crippen molar-refractivity contribution in [2.75, 3.05) is 5.75 Å². The zero-order chi connectivity index (χ0) is 13.0. The summed E-state index contributed by atoms with van der Waals surface area (Å²) >= 11 is 7.61. The SMILES string of the molecule is CCCn1c(SCCC#N)nc2cc(Cl)ccc21. The fourth-order valence-electron chi connectivity index (χ4n) is 1.82. The number of fused-ring (bicyclic) bond motifs is 1. The van der Waals surface area contributed by atoms with Gasteiger partial charge in [-0.15, -0.1) is 0 Å². The molecule has 2 rings (SSSR count). The summed E-state index contributed by atoms with van der Waals surface area (Å²) in [5, 5.41) is 10.3. The lowest BCUT2D eigenvalue weighted by molar-refractivity contribution is 0.638. The number of hydrogen-bond acceptors (Lipinski definition) is 3. The van der Waals surface area contributed by atoms with Crippen molar-refractivity contribution in [3.8, 4) is 6.07 Å². The number of imidazole rings is 1. The van der Waals surface area contributed by atoms with Crippen LogP contribution >= 0.6 is 23.4 Å². The van der Waals surface area contributed by atoms with Gasteiger partial charge >= 0.3 is 0 Å². The molecule has 0 atom stereocenters. The fraction of sp³-hybridized carbons (Fsp3) is 0.385. The minimum absolute atomic E-state index is 0.542. The van der Waals surface area contributed by atoms with Gasteiger partial charge in [0, 0.05) is 23.7 Å². The van der Waals surface area contributed by atoms with Crippen LogP contribution in [0.25, 0.3) is 11.0 Å². The summed E-state index contributed by atoms with van der Waals surface area (Å²) in [6.45, 7) is 3.08. The van der Waals surface area contributed by atoms with Gasteiger partial charge in [0.1, 0.15) is 0 Å². The van der Waals surface area contributed by atoms with Gasteiger partial charge in [0.05, 0.1) is 17.1 Å². The Morgan fingerprint density at radius 1 is 1.50 bits per heavy atom. The zero-order valence-corrected chi connectivity index (χ0v) is 11.8. The highest BCUT2D eigenvalue weighted by Crippen LogP contribution is 2.26. The van der Waals surface area contributed by atoms with Crippen LogP contribution in [0.2, 0.25) is 5.02 Å². The third-order valence-electron chi connectivity index (χ3n) is 2.57. The lowest BCUT2D eigenvalue weighted by atomic mass is 10.3. The van der Waals surface area contributed by atoms with Crippen LogP contribution in [0.5, 0.6) is 0 Å². The minimum atomic E-state index is 0.542. The molecule has 0 spiro atoms. The van der Waals surface area contributed by atoms with Gasteiger partial charge in [-0.1, -0.05) is 30.3 Å². The van der Waals surface area contributed by atoms with E-state index in [1.54, 1.807) is 11.8 Å². The van der Waals surface area contributed by atoms with Gasteiger partial charge in [-0.3, -0.25) is 0 Å². The van der Waals surface area contributed by atoms with E-state index in [1.807, 2.05) is 18.2 Å². The second-order valence-corrected chi connectivity index (χ2v) is 5.43. The standard InChI is InChI=1S/C13H14ClN3S/c1-2-7-17-12-5-4-10(14)9-11(12)16-13(17)18-8-3-6-15/h4-5,9H,2-3,7-8H2,1H3. The molecule has 0 unspecified atom stereocenters. The maximum atomic E-state index is 8.59. The average molecular weight is 280 g/mol. The smallest absolute Gasteiger partial charge is 0.169 e. The van der Waals surface area contributed by atoms with E-state index in [1.165, 1.54) is 0 Å². The quantitative estimate of drug-likeness (QED) is 0.611. The Morgan fingerprint density at radius 3 is 3.06 bits per heavy atom. The van der Waals surface area contributed by atoms with Crippen molar-refractivity contribution in [1.82, 2.24) is 9.55 Å². The van der Waals surface area contributed by atoms with Gasteiger partial charge in [0.25, 0.3) is 0 Å². The summed E-state index contributed by atoms with van der Waals surface area (Å²) in [6.07, 6.45) is 1.60. The second kappa shape index (κ2) is 6.12. The Morgan fingerprint density at radius 2 is 2.33 bits per heavy atom. The summed E-state index contributed by atoms with van der Waals surface area (Å²) in [7, 11) is 0. The zero-order valence-electron chi connectivity index (χ0n) is 10.2. The minimum Gasteiger partial charge on any atom is -0.319 e. The van der Waals surface area contributed by atoms with Crippen LogP contribution < -0.4 is 0 Å². The summed E-state index contributed by atoms with van der Waals surface area (Å²) in [5.74, 6) is 0.775. The first-order valence-electron chi connectivity index (χ1n) is 5.91. The topological polar surface area (TPSA) is 41.6 Å². The predicted molar refractivity (Wildman–Crippen MR) is 76.0 cm³/mol. The molecule has 1 heterocycles. The first-order valence-corrected chi connectivity index (χ1v) is 7.28. The number of hydrogen-bond donors (Lipinski definition) is 0. The molecule has 0 N–H and O–H groups in total. The molecule has 0 aliphatic rings. The number of nitriles is 1. The van der Waals surface area contributed by atoms with Crippen molar-refractivity contribution < 1.29 is 0 Å². The molecule has 0 amide bonds. The Labute approximate surface area is 116 Å². The molecule has 0 bridgehead atoms. The highest BCUT2D eigenvalue weighted by atomic mass is 35.5. The summed E-state index contributed by atoms with van der Waals surface area (Å²) in [4.78, 5) is 4.60. The van der Waals surface area contributed by atoms with E-state index in [4.69, 9.17) is 16.9 Å². The molecule has 2 aromatic rings. The van der Waals surface area contributed by atoms with E-state index in [-0.39, 0.29) is 0 Å². The number of halogens is 1. The molecule has 0 fully saturated rings. The van der Waals surface area contributed by atoms with E-state index in [2.05, 4.69) is 22.5 Å². The third-order valence-corrected chi connectivity index (χ3v) is 3.78. The lowest BCUT2D eigenvalue weighted by Crippen LogP contribution is -1.99. The Balaban J connectivity index is 2.37. The van der Waals surface area contributed by atoms with Crippen molar-refractivity contribution in [2.45, 2.75) is 31.5 Å². The maximum absolute atomic E-state index is 8.59. The van der Waals surface area contributed by atoms with E-state index >= 15 is 0 Å². The highest BCUT2D eigenvalue weighted by Gasteiger charge is 2.10. The number of rotatable bonds is 5. The van der Waals surface area contributed by atoms with Gasteiger partial charge in [-0.05, 0) is 24.6 Å². The summed E-state index contributed by atoms with van der Waals surface area (Å²) < 4.78 is 2.20. The molecular weight excluding hydrogens is 266 g/mol. The molecule has 1 aromatic carbocycles. The largest absolute Gasteiger partial charge is 0.319 e. The normalized spacial score (nSPS) is 10.7. The van der Waals surface area contributed by atoms with Gasteiger partial charge in [0.15, 0.2) is 5.16 Å². The average Bonchev–Trinajstić information content (AvgIpc) is 2.68. The molecule has 0 aliphatic heterocycles. The molecule has 5 heteroatoms. The highest BCUT2D eigenvalue weighted by molar-refractivity contribution is 7.99. The monoisotopic (exact) mass is 279 g/mol. The third kappa shape index (κ3) is 2.80. The number of aromatic nitrogens is 2. The van der Waals surface area contributed by atoms with Crippen molar-refractivity contribution in [3.05, 3.63) is 23.2 Å².